The number of piperidine rings is 1. The molecule has 3 aliphatic rings. The maximum Gasteiger partial charge on any atom is 0.228 e. The number of ether oxygens (including phenoxy) is 1. The van der Waals surface area contributed by atoms with E-state index in [0.29, 0.717) is 18.6 Å². The Morgan fingerprint density at radius 1 is 1.06 bits per heavy atom. The zero-order valence-electron chi connectivity index (χ0n) is 11.1. The van der Waals surface area contributed by atoms with Gasteiger partial charge in [0.15, 0.2) is 0 Å². The molecule has 4 heteroatoms. The summed E-state index contributed by atoms with van der Waals surface area (Å²) in [7, 11) is 0. The minimum atomic E-state index is 0.141. The summed E-state index contributed by atoms with van der Waals surface area (Å²) in [5, 5.41) is 0. The molecular weight excluding hydrogens is 228 g/mol. The highest BCUT2D eigenvalue weighted by Gasteiger charge is 2.33. The highest BCUT2D eigenvalue weighted by atomic mass is 16.5. The first-order chi connectivity index (χ1) is 8.84. The van der Waals surface area contributed by atoms with E-state index < -0.39 is 0 Å². The van der Waals surface area contributed by atoms with Crippen molar-refractivity contribution in [3.8, 4) is 0 Å². The lowest BCUT2D eigenvalue weighted by atomic mass is 10.0. The Kier molecular flexibility index (Phi) is 3.85. The van der Waals surface area contributed by atoms with Crippen molar-refractivity contribution in [2.45, 2.75) is 38.1 Å². The number of nitrogens with zero attached hydrogens (tertiary/aromatic N) is 2. The summed E-state index contributed by atoms with van der Waals surface area (Å²) in [6.45, 7) is 5.79. The third-order valence-electron chi connectivity index (χ3n) is 4.64. The lowest BCUT2D eigenvalue weighted by Gasteiger charge is -2.38. The average molecular weight is 252 g/mol. The van der Waals surface area contributed by atoms with Gasteiger partial charge >= 0.3 is 0 Å². The summed E-state index contributed by atoms with van der Waals surface area (Å²) >= 11 is 0. The number of likely N-dealkylation sites (tertiary alicyclic amines) is 2. The van der Waals surface area contributed by atoms with E-state index in [-0.39, 0.29) is 5.92 Å². The van der Waals surface area contributed by atoms with Crippen LogP contribution in [0.2, 0.25) is 0 Å². The summed E-state index contributed by atoms with van der Waals surface area (Å²) in [5.41, 5.74) is 0. The molecule has 18 heavy (non-hydrogen) atoms. The van der Waals surface area contributed by atoms with E-state index in [4.69, 9.17) is 4.74 Å². The first kappa shape index (κ1) is 12.4. The Morgan fingerprint density at radius 2 is 1.89 bits per heavy atom. The van der Waals surface area contributed by atoms with Crippen molar-refractivity contribution in [2.75, 3.05) is 39.4 Å². The van der Waals surface area contributed by atoms with Gasteiger partial charge in [-0.1, -0.05) is 0 Å². The zero-order valence-corrected chi connectivity index (χ0v) is 11.1. The highest BCUT2D eigenvalue weighted by molar-refractivity contribution is 5.79. The first-order valence-electron chi connectivity index (χ1n) is 7.45. The molecule has 0 aromatic heterocycles. The maximum atomic E-state index is 12.4. The molecule has 0 aromatic carbocycles. The van der Waals surface area contributed by atoms with Crippen molar-refractivity contribution in [3.05, 3.63) is 0 Å². The normalized spacial score (nSPS) is 34.1. The van der Waals surface area contributed by atoms with Gasteiger partial charge < -0.3 is 9.64 Å². The zero-order chi connectivity index (χ0) is 12.4. The predicted octanol–water partition coefficient (Wildman–Crippen LogP) is 1.11. The van der Waals surface area contributed by atoms with E-state index in [1.54, 1.807) is 0 Å². The van der Waals surface area contributed by atoms with Crippen molar-refractivity contribution in [2.24, 2.45) is 5.92 Å². The lowest BCUT2D eigenvalue weighted by molar-refractivity contribution is -0.137. The quantitative estimate of drug-likeness (QED) is 0.738. The predicted molar refractivity (Wildman–Crippen MR) is 69.3 cm³/mol. The van der Waals surface area contributed by atoms with Crippen LogP contribution in [0.15, 0.2) is 0 Å². The van der Waals surface area contributed by atoms with Crippen LogP contribution in [0.25, 0.3) is 0 Å². The largest absolute Gasteiger partial charge is 0.381 e. The molecule has 2 atom stereocenters. The van der Waals surface area contributed by atoms with Gasteiger partial charge in [0.25, 0.3) is 0 Å². The molecule has 0 aromatic rings. The molecule has 0 saturated carbocycles. The van der Waals surface area contributed by atoms with Crippen LogP contribution in [-0.2, 0) is 9.53 Å². The van der Waals surface area contributed by atoms with E-state index in [0.717, 1.165) is 26.1 Å². The third kappa shape index (κ3) is 2.54. The molecule has 102 valence electrons. The number of rotatable bonds is 2. The Morgan fingerprint density at radius 3 is 2.61 bits per heavy atom. The number of hydrogen-bond donors (Lipinski definition) is 0. The molecule has 2 unspecified atom stereocenters. The molecular formula is C14H24N2O2. The van der Waals surface area contributed by atoms with Gasteiger partial charge in [0.2, 0.25) is 5.91 Å². The number of carbonyl (C=O) groups excluding carboxylic acids is 1. The van der Waals surface area contributed by atoms with Crippen LogP contribution in [0.5, 0.6) is 0 Å². The molecule has 3 fully saturated rings. The standard InChI is InChI=1S/C14H24N2O2/c17-14(12-5-9-18-11-12)16-8-3-4-13(10-16)15-6-1-2-7-15/h12-13H,1-11H2. The molecule has 4 nitrogen and oxygen atoms in total. The molecule has 3 heterocycles. The number of amides is 1. The highest BCUT2D eigenvalue weighted by Crippen LogP contribution is 2.23. The molecule has 3 rings (SSSR count). The van der Waals surface area contributed by atoms with Gasteiger partial charge in [0, 0.05) is 25.7 Å². The molecule has 3 saturated heterocycles. The van der Waals surface area contributed by atoms with Gasteiger partial charge in [-0.3, -0.25) is 9.69 Å². The minimum Gasteiger partial charge on any atom is -0.381 e. The Balaban J connectivity index is 1.57. The lowest BCUT2D eigenvalue weighted by Crippen LogP contribution is -2.50. The second-order valence-electron chi connectivity index (χ2n) is 5.88. The molecule has 0 N–H and O–H groups in total. The van der Waals surface area contributed by atoms with Gasteiger partial charge in [-0.15, -0.1) is 0 Å². The molecule has 0 radical (unpaired) electrons. The van der Waals surface area contributed by atoms with Crippen LogP contribution < -0.4 is 0 Å². The van der Waals surface area contributed by atoms with Crippen molar-refractivity contribution in [1.82, 2.24) is 9.80 Å². The van der Waals surface area contributed by atoms with Crippen LogP contribution in [0.3, 0.4) is 0 Å². The average Bonchev–Trinajstić information content (AvgIpc) is 3.11. The van der Waals surface area contributed by atoms with E-state index in [1.165, 1.54) is 38.8 Å². The van der Waals surface area contributed by atoms with Crippen LogP contribution in [0.1, 0.15) is 32.1 Å². The summed E-state index contributed by atoms with van der Waals surface area (Å²) in [6, 6.07) is 0.618. The van der Waals surface area contributed by atoms with Crippen LogP contribution in [-0.4, -0.2) is 61.1 Å². The van der Waals surface area contributed by atoms with Crippen molar-refractivity contribution >= 4 is 5.91 Å². The first-order valence-corrected chi connectivity index (χ1v) is 7.45. The summed E-state index contributed by atoms with van der Waals surface area (Å²) in [5.74, 6) is 0.485. The van der Waals surface area contributed by atoms with Gasteiger partial charge in [-0.25, -0.2) is 0 Å². The van der Waals surface area contributed by atoms with Crippen LogP contribution in [0.4, 0.5) is 0 Å². The SMILES string of the molecule is O=C(C1CCOC1)N1CCCC(N2CCCC2)C1. The van der Waals surface area contributed by atoms with Crippen LogP contribution in [0, 0.1) is 5.92 Å². The van der Waals surface area contributed by atoms with E-state index in [2.05, 4.69) is 9.80 Å². The maximum absolute atomic E-state index is 12.4. The van der Waals surface area contributed by atoms with Crippen LogP contribution >= 0.6 is 0 Å². The van der Waals surface area contributed by atoms with Crippen molar-refractivity contribution in [3.63, 3.8) is 0 Å². The fraction of sp³-hybridized carbons (Fsp3) is 0.929. The van der Waals surface area contributed by atoms with Gasteiger partial charge in [-0.05, 0) is 45.2 Å². The van der Waals surface area contributed by atoms with E-state index in [1.807, 2.05) is 0 Å². The van der Waals surface area contributed by atoms with Gasteiger partial charge in [0.1, 0.15) is 0 Å². The summed E-state index contributed by atoms with van der Waals surface area (Å²) in [6.07, 6.45) is 6.02. The molecule has 1 amide bonds. The van der Waals surface area contributed by atoms with Crippen molar-refractivity contribution in [1.29, 1.82) is 0 Å². The number of hydrogen-bond acceptors (Lipinski definition) is 3. The van der Waals surface area contributed by atoms with E-state index >= 15 is 0 Å². The Hall–Kier alpha value is -0.610. The fourth-order valence-electron chi connectivity index (χ4n) is 3.55. The van der Waals surface area contributed by atoms with Crippen molar-refractivity contribution < 1.29 is 9.53 Å². The molecule has 0 spiro atoms. The topological polar surface area (TPSA) is 32.8 Å². The summed E-state index contributed by atoms with van der Waals surface area (Å²) < 4.78 is 5.34. The van der Waals surface area contributed by atoms with Gasteiger partial charge in [-0.2, -0.15) is 0 Å². The molecule has 0 aliphatic carbocycles. The molecule has 0 bridgehead atoms. The van der Waals surface area contributed by atoms with Gasteiger partial charge in [0.05, 0.1) is 12.5 Å². The summed E-state index contributed by atoms with van der Waals surface area (Å²) in [4.78, 5) is 17.1. The Labute approximate surface area is 109 Å². The number of carbonyl (C=O) groups is 1. The second kappa shape index (κ2) is 5.57. The van der Waals surface area contributed by atoms with E-state index in [9.17, 15) is 4.79 Å². The molecule has 3 aliphatic heterocycles. The fourth-order valence-corrected chi connectivity index (χ4v) is 3.55. The monoisotopic (exact) mass is 252 g/mol. The smallest absolute Gasteiger partial charge is 0.228 e. The minimum absolute atomic E-state index is 0.141. The second-order valence-corrected chi connectivity index (χ2v) is 5.88. The third-order valence-corrected chi connectivity index (χ3v) is 4.64. The Bertz CT molecular complexity index is 296.